The molecule has 106 valence electrons. The Morgan fingerprint density at radius 3 is 2.50 bits per heavy atom. The average molecular weight is 260 g/mol. The van der Waals surface area contributed by atoms with Crippen LogP contribution in [0.25, 0.3) is 0 Å². The zero-order chi connectivity index (χ0) is 13.5. The van der Waals surface area contributed by atoms with E-state index in [-0.39, 0.29) is 5.91 Å². The molecule has 0 fully saturated rings. The number of carbonyl (C=O) groups is 2. The molecule has 6 heteroatoms. The van der Waals surface area contributed by atoms with Crippen molar-refractivity contribution in [3.63, 3.8) is 0 Å². The Morgan fingerprint density at radius 2 is 1.83 bits per heavy atom. The minimum absolute atomic E-state index is 0.00863. The van der Waals surface area contributed by atoms with Gasteiger partial charge in [0.2, 0.25) is 5.91 Å². The second-order valence-electron chi connectivity index (χ2n) is 3.78. The van der Waals surface area contributed by atoms with Crippen molar-refractivity contribution in [1.29, 1.82) is 0 Å². The van der Waals surface area contributed by atoms with Gasteiger partial charge >= 0.3 is 0 Å². The van der Waals surface area contributed by atoms with E-state index < -0.39 is 0 Å². The number of rotatable bonds is 13. The lowest BCUT2D eigenvalue weighted by Crippen LogP contribution is -2.26. The zero-order valence-corrected chi connectivity index (χ0v) is 10.9. The first-order valence-electron chi connectivity index (χ1n) is 6.37. The first-order chi connectivity index (χ1) is 8.81. The van der Waals surface area contributed by atoms with E-state index in [0.29, 0.717) is 52.4 Å². The molecule has 0 radical (unpaired) electrons. The van der Waals surface area contributed by atoms with Gasteiger partial charge in [-0.25, -0.2) is 0 Å². The third kappa shape index (κ3) is 13.1. The van der Waals surface area contributed by atoms with Gasteiger partial charge in [-0.1, -0.05) is 0 Å². The highest BCUT2D eigenvalue weighted by molar-refractivity contribution is 5.75. The molecule has 0 atom stereocenters. The normalized spacial score (nSPS) is 10.3. The van der Waals surface area contributed by atoms with Crippen molar-refractivity contribution in [2.45, 2.75) is 25.7 Å². The molecule has 0 aromatic heterocycles. The summed E-state index contributed by atoms with van der Waals surface area (Å²) in [4.78, 5) is 21.2. The molecule has 0 rings (SSSR count). The molecule has 0 bridgehead atoms. The second-order valence-corrected chi connectivity index (χ2v) is 3.78. The van der Waals surface area contributed by atoms with E-state index >= 15 is 0 Å². The summed E-state index contributed by atoms with van der Waals surface area (Å²) in [5.74, 6) is -0.00863. The monoisotopic (exact) mass is 260 g/mol. The van der Waals surface area contributed by atoms with Gasteiger partial charge in [-0.2, -0.15) is 0 Å². The van der Waals surface area contributed by atoms with Crippen LogP contribution in [0.2, 0.25) is 0 Å². The Kier molecular flexibility index (Phi) is 13.3. The van der Waals surface area contributed by atoms with Crippen molar-refractivity contribution >= 4 is 12.2 Å². The number of aldehydes is 1. The SMILES string of the molecule is NCCCNC(=O)CCOCCCOCCC=O. The van der Waals surface area contributed by atoms with E-state index in [0.717, 1.165) is 19.1 Å². The van der Waals surface area contributed by atoms with Crippen molar-refractivity contribution < 1.29 is 19.1 Å². The maximum absolute atomic E-state index is 11.2. The molecule has 0 spiro atoms. The van der Waals surface area contributed by atoms with Crippen molar-refractivity contribution in [2.24, 2.45) is 5.73 Å². The van der Waals surface area contributed by atoms with Gasteiger partial charge in [0.25, 0.3) is 0 Å². The summed E-state index contributed by atoms with van der Waals surface area (Å²) in [5.41, 5.74) is 5.31. The Morgan fingerprint density at radius 1 is 1.11 bits per heavy atom. The van der Waals surface area contributed by atoms with E-state index in [9.17, 15) is 9.59 Å². The highest BCUT2D eigenvalue weighted by Crippen LogP contribution is 1.89. The Balaban J connectivity index is 3.10. The number of hydrogen-bond donors (Lipinski definition) is 2. The van der Waals surface area contributed by atoms with Crippen LogP contribution in [0.1, 0.15) is 25.7 Å². The van der Waals surface area contributed by atoms with Crippen LogP contribution in [0.5, 0.6) is 0 Å². The third-order valence-corrected chi connectivity index (χ3v) is 2.13. The summed E-state index contributed by atoms with van der Waals surface area (Å²) in [5, 5.41) is 2.75. The van der Waals surface area contributed by atoms with Crippen LogP contribution in [0, 0.1) is 0 Å². The molecule has 18 heavy (non-hydrogen) atoms. The topological polar surface area (TPSA) is 90.7 Å². The molecule has 0 saturated heterocycles. The van der Waals surface area contributed by atoms with Gasteiger partial charge in [0.05, 0.1) is 13.2 Å². The standard InChI is InChI=1S/C12H24N2O4/c13-5-1-6-14-12(16)4-11-18-10-3-9-17-8-2-7-15/h7H,1-6,8-11,13H2,(H,14,16). The van der Waals surface area contributed by atoms with Gasteiger partial charge in [-0.15, -0.1) is 0 Å². The van der Waals surface area contributed by atoms with Crippen molar-refractivity contribution in [3.8, 4) is 0 Å². The molecule has 1 amide bonds. The quantitative estimate of drug-likeness (QED) is 0.355. The summed E-state index contributed by atoms with van der Waals surface area (Å²) in [6.45, 7) is 3.24. The fraction of sp³-hybridized carbons (Fsp3) is 0.833. The number of hydrogen-bond acceptors (Lipinski definition) is 5. The molecule has 0 aliphatic rings. The van der Waals surface area contributed by atoms with Gasteiger partial charge in [-0.05, 0) is 19.4 Å². The molecule has 3 N–H and O–H groups in total. The van der Waals surface area contributed by atoms with Crippen LogP contribution in [0.4, 0.5) is 0 Å². The van der Waals surface area contributed by atoms with Crippen LogP contribution in [0.3, 0.4) is 0 Å². The molecule has 0 unspecified atom stereocenters. The maximum Gasteiger partial charge on any atom is 0.222 e. The molecule has 0 aromatic carbocycles. The molecule has 0 aliphatic heterocycles. The lowest BCUT2D eigenvalue weighted by molar-refractivity contribution is -0.122. The fourth-order valence-electron chi connectivity index (χ4n) is 1.18. The lowest BCUT2D eigenvalue weighted by Gasteiger charge is -2.06. The maximum atomic E-state index is 11.2. The predicted octanol–water partition coefficient (Wildman–Crippen LogP) is -0.146. The summed E-state index contributed by atoms with van der Waals surface area (Å²) < 4.78 is 10.4. The lowest BCUT2D eigenvalue weighted by atomic mass is 10.4. The summed E-state index contributed by atoms with van der Waals surface area (Å²) in [6, 6.07) is 0. The minimum atomic E-state index is -0.00863. The summed E-state index contributed by atoms with van der Waals surface area (Å²) in [7, 11) is 0. The highest BCUT2D eigenvalue weighted by atomic mass is 16.5. The number of ether oxygens (including phenoxy) is 2. The van der Waals surface area contributed by atoms with Crippen LogP contribution >= 0.6 is 0 Å². The van der Waals surface area contributed by atoms with E-state index in [1.54, 1.807) is 0 Å². The van der Waals surface area contributed by atoms with Gasteiger partial charge in [0.15, 0.2) is 0 Å². The van der Waals surface area contributed by atoms with E-state index in [1.165, 1.54) is 0 Å². The van der Waals surface area contributed by atoms with E-state index in [1.807, 2.05) is 0 Å². The summed E-state index contributed by atoms with van der Waals surface area (Å²) in [6.07, 6.45) is 3.21. The average Bonchev–Trinajstić information content (AvgIpc) is 2.37. The minimum Gasteiger partial charge on any atom is -0.381 e. The molecular formula is C12H24N2O4. The number of nitrogens with one attached hydrogen (secondary N) is 1. The molecule has 0 aromatic rings. The van der Waals surface area contributed by atoms with Crippen molar-refractivity contribution in [1.82, 2.24) is 5.32 Å². The van der Waals surface area contributed by atoms with Gasteiger partial charge in [0.1, 0.15) is 6.29 Å². The van der Waals surface area contributed by atoms with Gasteiger partial charge in [0, 0.05) is 32.6 Å². The molecule has 0 saturated carbocycles. The van der Waals surface area contributed by atoms with Crippen LogP contribution in [-0.2, 0) is 19.1 Å². The molecular weight excluding hydrogens is 236 g/mol. The molecule has 6 nitrogen and oxygen atoms in total. The smallest absolute Gasteiger partial charge is 0.222 e. The van der Waals surface area contributed by atoms with Crippen molar-refractivity contribution in [3.05, 3.63) is 0 Å². The van der Waals surface area contributed by atoms with Crippen molar-refractivity contribution in [2.75, 3.05) is 39.5 Å². The van der Waals surface area contributed by atoms with E-state index in [4.69, 9.17) is 15.2 Å². The largest absolute Gasteiger partial charge is 0.381 e. The third-order valence-electron chi connectivity index (χ3n) is 2.13. The van der Waals surface area contributed by atoms with Crippen LogP contribution in [-0.4, -0.2) is 51.7 Å². The fourth-order valence-corrected chi connectivity index (χ4v) is 1.18. The number of carbonyl (C=O) groups excluding carboxylic acids is 2. The van der Waals surface area contributed by atoms with Gasteiger partial charge in [-0.3, -0.25) is 4.79 Å². The number of amides is 1. The molecule has 0 aliphatic carbocycles. The predicted molar refractivity (Wildman–Crippen MR) is 68.2 cm³/mol. The first kappa shape index (κ1) is 17.0. The second kappa shape index (κ2) is 14.1. The Hall–Kier alpha value is -0.980. The Labute approximate surface area is 108 Å². The van der Waals surface area contributed by atoms with Crippen LogP contribution in [0.15, 0.2) is 0 Å². The van der Waals surface area contributed by atoms with Gasteiger partial charge < -0.3 is 25.3 Å². The molecule has 0 heterocycles. The Bertz CT molecular complexity index is 212. The van der Waals surface area contributed by atoms with Crippen LogP contribution < -0.4 is 11.1 Å². The number of nitrogens with two attached hydrogens (primary N) is 1. The van der Waals surface area contributed by atoms with E-state index in [2.05, 4.69) is 5.32 Å². The zero-order valence-electron chi connectivity index (χ0n) is 10.9. The summed E-state index contributed by atoms with van der Waals surface area (Å²) >= 11 is 0. The highest BCUT2D eigenvalue weighted by Gasteiger charge is 1.99. The first-order valence-corrected chi connectivity index (χ1v) is 6.37.